The average Bonchev–Trinajstić information content (AvgIpc) is 3.08. The molecule has 1 unspecified atom stereocenters. The van der Waals surface area contributed by atoms with Crippen molar-refractivity contribution in [2.75, 3.05) is 11.4 Å². The number of hydrogen-bond donors (Lipinski definition) is 2. The third kappa shape index (κ3) is 3.97. The molecule has 2 aromatic carbocycles. The van der Waals surface area contributed by atoms with E-state index >= 15 is 0 Å². The van der Waals surface area contributed by atoms with Crippen LogP contribution in [0.2, 0.25) is 0 Å². The highest BCUT2D eigenvalue weighted by atomic mass is 19.1. The second-order valence-electron chi connectivity index (χ2n) is 6.45. The van der Waals surface area contributed by atoms with Crippen molar-refractivity contribution >= 4 is 23.5 Å². The van der Waals surface area contributed by atoms with Gasteiger partial charge in [-0.3, -0.25) is 9.59 Å². The van der Waals surface area contributed by atoms with Crippen molar-refractivity contribution in [2.24, 2.45) is 0 Å². The molecule has 2 amide bonds. The molecule has 2 aromatic rings. The van der Waals surface area contributed by atoms with E-state index in [1.807, 2.05) is 0 Å². The van der Waals surface area contributed by atoms with Gasteiger partial charge in [-0.15, -0.1) is 0 Å². The van der Waals surface area contributed by atoms with Crippen molar-refractivity contribution in [1.82, 2.24) is 5.32 Å². The molecule has 1 aliphatic heterocycles. The number of carbonyl (C=O) groups excluding carboxylic acids is 2. The number of anilines is 1. The Kier molecular flexibility index (Phi) is 5.21. The molecule has 140 valence electrons. The zero-order valence-corrected chi connectivity index (χ0v) is 14.7. The first-order valence-electron chi connectivity index (χ1n) is 8.57. The van der Waals surface area contributed by atoms with E-state index < -0.39 is 23.7 Å². The molecule has 1 aliphatic rings. The van der Waals surface area contributed by atoms with E-state index in [0.29, 0.717) is 24.2 Å². The van der Waals surface area contributed by atoms with Crippen molar-refractivity contribution in [3.05, 3.63) is 65.0 Å². The molecule has 0 spiro atoms. The summed E-state index contributed by atoms with van der Waals surface area (Å²) in [5.41, 5.74) is 1.56. The summed E-state index contributed by atoms with van der Waals surface area (Å²) in [6.07, 6.45) is 1.32. The highest BCUT2D eigenvalue weighted by Gasteiger charge is 2.24. The molecule has 1 saturated heterocycles. The monoisotopic (exact) mass is 370 g/mol. The van der Waals surface area contributed by atoms with Crippen LogP contribution in [0.1, 0.15) is 40.4 Å². The van der Waals surface area contributed by atoms with E-state index in [-0.39, 0.29) is 17.0 Å². The third-order valence-electron chi connectivity index (χ3n) is 4.55. The second-order valence-corrected chi connectivity index (χ2v) is 6.45. The summed E-state index contributed by atoms with van der Waals surface area (Å²) in [4.78, 5) is 37.5. The average molecular weight is 370 g/mol. The van der Waals surface area contributed by atoms with Crippen molar-refractivity contribution in [3.63, 3.8) is 0 Å². The van der Waals surface area contributed by atoms with E-state index in [1.165, 1.54) is 25.1 Å². The lowest BCUT2D eigenvalue weighted by Gasteiger charge is -2.17. The maximum atomic E-state index is 13.4. The molecule has 0 saturated carbocycles. The first-order chi connectivity index (χ1) is 12.9. The molecular formula is C20H19FN2O4. The fourth-order valence-electron chi connectivity index (χ4n) is 3.06. The maximum Gasteiger partial charge on any atom is 0.330 e. The van der Waals surface area contributed by atoms with Crippen LogP contribution in [0, 0.1) is 12.7 Å². The van der Waals surface area contributed by atoms with Crippen molar-refractivity contribution in [1.29, 1.82) is 0 Å². The van der Waals surface area contributed by atoms with Crippen molar-refractivity contribution in [2.45, 2.75) is 25.8 Å². The molecule has 0 aromatic heterocycles. The van der Waals surface area contributed by atoms with Gasteiger partial charge in [0.15, 0.2) is 6.04 Å². The number of aliphatic carboxylic acids is 1. The van der Waals surface area contributed by atoms with Gasteiger partial charge in [0, 0.05) is 24.2 Å². The van der Waals surface area contributed by atoms with E-state index in [2.05, 4.69) is 5.32 Å². The van der Waals surface area contributed by atoms with Gasteiger partial charge in [-0.05, 0) is 54.8 Å². The number of halogens is 1. The lowest BCUT2D eigenvalue weighted by molar-refractivity contribution is -0.139. The molecule has 2 N–H and O–H groups in total. The van der Waals surface area contributed by atoms with Gasteiger partial charge in [0.05, 0.1) is 0 Å². The van der Waals surface area contributed by atoms with Gasteiger partial charge in [-0.25, -0.2) is 9.18 Å². The number of hydrogen-bond acceptors (Lipinski definition) is 3. The lowest BCUT2D eigenvalue weighted by atomic mass is 10.0. The Morgan fingerprint density at radius 2 is 1.89 bits per heavy atom. The summed E-state index contributed by atoms with van der Waals surface area (Å²) in [7, 11) is 0. The molecule has 6 nitrogen and oxygen atoms in total. The minimum Gasteiger partial charge on any atom is -0.479 e. The molecule has 0 aliphatic carbocycles. The molecule has 0 radical (unpaired) electrons. The SMILES string of the molecule is Cc1cc(C(NC(=O)c2ccc(N3CCCC3=O)cc2)C(=O)O)ccc1F. The second kappa shape index (κ2) is 7.57. The predicted octanol–water partition coefficient (Wildman–Crippen LogP) is 2.82. The zero-order chi connectivity index (χ0) is 19.6. The first kappa shape index (κ1) is 18.6. The minimum atomic E-state index is -1.29. The molecular weight excluding hydrogens is 351 g/mol. The number of nitrogens with one attached hydrogen (secondary N) is 1. The summed E-state index contributed by atoms with van der Waals surface area (Å²) in [6.45, 7) is 2.17. The lowest BCUT2D eigenvalue weighted by Crippen LogP contribution is -2.33. The van der Waals surface area contributed by atoms with Gasteiger partial charge in [0.2, 0.25) is 5.91 Å². The number of carboxylic acid groups (broad SMARTS) is 1. The maximum absolute atomic E-state index is 13.4. The summed E-state index contributed by atoms with van der Waals surface area (Å²) in [5.74, 6) is -2.21. The molecule has 7 heteroatoms. The van der Waals surface area contributed by atoms with Gasteiger partial charge in [-0.1, -0.05) is 12.1 Å². The van der Waals surface area contributed by atoms with Crippen LogP contribution in [-0.2, 0) is 9.59 Å². The molecule has 27 heavy (non-hydrogen) atoms. The number of rotatable bonds is 5. The van der Waals surface area contributed by atoms with Gasteiger partial charge in [-0.2, -0.15) is 0 Å². The van der Waals surface area contributed by atoms with Gasteiger partial charge in [0.25, 0.3) is 5.91 Å². The van der Waals surface area contributed by atoms with Crippen molar-refractivity contribution in [3.8, 4) is 0 Å². The molecule has 1 fully saturated rings. The fraction of sp³-hybridized carbons (Fsp3) is 0.250. The van der Waals surface area contributed by atoms with E-state index in [1.54, 1.807) is 29.2 Å². The quantitative estimate of drug-likeness (QED) is 0.847. The highest BCUT2D eigenvalue weighted by Crippen LogP contribution is 2.22. The molecule has 1 heterocycles. The van der Waals surface area contributed by atoms with Crippen LogP contribution >= 0.6 is 0 Å². The number of carboxylic acids is 1. The van der Waals surface area contributed by atoms with E-state index in [0.717, 1.165) is 6.42 Å². The number of aryl methyl sites for hydroxylation is 1. The number of nitrogens with zero attached hydrogens (tertiary/aromatic N) is 1. The van der Waals surface area contributed by atoms with Crippen LogP contribution in [0.5, 0.6) is 0 Å². The summed E-state index contributed by atoms with van der Waals surface area (Å²) >= 11 is 0. The van der Waals surface area contributed by atoms with Gasteiger partial charge in [0.1, 0.15) is 5.82 Å². The summed E-state index contributed by atoms with van der Waals surface area (Å²) < 4.78 is 13.4. The Morgan fingerprint density at radius 3 is 2.44 bits per heavy atom. The largest absolute Gasteiger partial charge is 0.479 e. The van der Waals surface area contributed by atoms with E-state index in [9.17, 15) is 23.9 Å². The Bertz CT molecular complexity index is 895. The summed E-state index contributed by atoms with van der Waals surface area (Å²) in [6, 6.07) is 9.04. The predicted molar refractivity (Wildman–Crippen MR) is 97.0 cm³/mol. The van der Waals surface area contributed by atoms with Crippen molar-refractivity contribution < 1.29 is 23.9 Å². The Labute approximate surface area is 155 Å². The van der Waals surface area contributed by atoms with Crippen LogP contribution in [0.3, 0.4) is 0 Å². The smallest absolute Gasteiger partial charge is 0.330 e. The zero-order valence-electron chi connectivity index (χ0n) is 14.7. The van der Waals surface area contributed by atoms with Crippen LogP contribution in [0.4, 0.5) is 10.1 Å². The van der Waals surface area contributed by atoms with Gasteiger partial charge >= 0.3 is 5.97 Å². The Morgan fingerprint density at radius 1 is 1.19 bits per heavy atom. The standard InChI is InChI=1S/C20H19FN2O4/c1-12-11-14(6-9-16(12)21)18(20(26)27)22-19(25)13-4-7-15(8-5-13)23-10-2-3-17(23)24/h4-9,11,18H,2-3,10H2,1H3,(H,22,25)(H,26,27). The minimum absolute atomic E-state index is 0.0461. The van der Waals surface area contributed by atoms with Crippen LogP contribution < -0.4 is 10.2 Å². The summed E-state index contributed by atoms with van der Waals surface area (Å²) in [5, 5.41) is 11.9. The van der Waals surface area contributed by atoms with Crippen LogP contribution in [0.15, 0.2) is 42.5 Å². The Hall–Kier alpha value is -3.22. The normalized spacial score (nSPS) is 14.9. The highest BCUT2D eigenvalue weighted by molar-refractivity contribution is 5.98. The fourth-order valence-corrected chi connectivity index (χ4v) is 3.06. The molecule has 1 atom stereocenters. The number of benzene rings is 2. The molecule has 0 bridgehead atoms. The van der Waals surface area contributed by atoms with Crippen LogP contribution in [-0.4, -0.2) is 29.4 Å². The number of amides is 2. The molecule has 3 rings (SSSR count). The third-order valence-corrected chi connectivity index (χ3v) is 4.55. The number of carbonyl (C=O) groups is 3. The van der Waals surface area contributed by atoms with Gasteiger partial charge < -0.3 is 15.3 Å². The first-order valence-corrected chi connectivity index (χ1v) is 8.57. The van der Waals surface area contributed by atoms with E-state index in [4.69, 9.17) is 0 Å². The van der Waals surface area contributed by atoms with Crippen LogP contribution in [0.25, 0.3) is 0 Å². The topological polar surface area (TPSA) is 86.7 Å². The Balaban J connectivity index is 1.76.